The van der Waals surface area contributed by atoms with Crippen molar-refractivity contribution in [1.29, 1.82) is 0 Å². The van der Waals surface area contributed by atoms with Gasteiger partial charge in [0.1, 0.15) is 0 Å². The van der Waals surface area contributed by atoms with Crippen LogP contribution < -0.4 is 0 Å². The minimum atomic E-state index is 1.61. The monoisotopic (exact) mass is 130 g/mol. The molecule has 6 heteroatoms. The van der Waals surface area contributed by atoms with Crippen molar-refractivity contribution in [2.45, 2.75) is 0 Å². The van der Waals surface area contributed by atoms with E-state index in [9.17, 15) is 0 Å². The molecule has 6 nitrogen and oxygen atoms in total. The maximum absolute atomic E-state index is 3.69. The number of hydrogen-bond donors (Lipinski definition) is 1. The van der Waals surface area contributed by atoms with Crippen molar-refractivity contribution >= 4 is 0 Å². The molecule has 1 N–H and O–H groups in total. The van der Waals surface area contributed by atoms with Crippen LogP contribution in [-0.2, 0) is 21.1 Å². The molecule has 52 valence electrons. The number of H-pyrrole nitrogens is 1. The highest BCUT2D eigenvalue weighted by atomic mass is 15.8. The Bertz CT molecular complexity index is 199. The van der Waals surface area contributed by atoms with Crippen molar-refractivity contribution in [1.82, 2.24) is 30.0 Å². The number of aromatic amines is 1. The van der Waals surface area contributed by atoms with Crippen molar-refractivity contribution in [3.63, 3.8) is 0 Å². The Morgan fingerprint density at radius 1 is 1.22 bits per heavy atom. The summed E-state index contributed by atoms with van der Waals surface area (Å²) in [7, 11) is 5.51. The summed E-state index contributed by atoms with van der Waals surface area (Å²) in [5, 5.41) is 9.91. The Balaban J connectivity index is 3.25. The van der Waals surface area contributed by atoms with Crippen LogP contribution in [0.5, 0.6) is 0 Å². The van der Waals surface area contributed by atoms with Gasteiger partial charge in [0.25, 0.3) is 0 Å². The first-order valence-corrected chi connectivity index (χ1v) is 2.59. The van der Waals surface area contributed by atoms with Gasteiger partial charge in [-0.25, -0.2) is 0 Å². The average Bonchev–Trinajstić information content (AvgIpc) is 1.83. The van der Waals surface area contributed by atoms with Gasteiger partial charge in [-0.3, -0.25) is 0 Å². The summed E-state index contributed by atoms with van der Waals surface area (Å²) in [6.45, 7) is 0. The Labute approximate surface area is 52.3 Å². The van der Waals surface area contributed by atoms with E-state index in [2.05, 4.69) is 15.6 Å². The normalized spacial score (nSPS) is 9.67. The van der Waals surface area contributed by atoms with Gasteiger partial charge in [-0.1, -0.05) is 0 Å². The second-order valence-electron chi connectivity index (χ2n) is 1.79. The standard InChI is InChI=1S/C3H10N6/c1-7-5-4-6-8(2)9(7)3/h1-3H3,(H,5,6). The summed E-state index contributed by atoms with van der Waals surface area (Å²) in [6.07, 6.45) is 0. The van der Waals surface area contributed by atoms with E-state index in [-0.39, 0.29) is 0 Å². The Hall–Kier alpha value is -1.20. The highest BCUT2D eigenvalue weighted by Gasteiger charge is 1.84. The number of nitrogens with one attached hydrogen (secondary N) is 1. The maximum atomic E-state index is 3.69. The van der Waals surface area contributed by atoms with Gasteiger partial charge in [-0.05, 0) is 10.4 Å². The zero-order chi connectivity index (χ0) is 6.85. The smallest absolute Gasteiger partial charge is 0.0509 e. The van der Waals surface area contributed by atoms with Crippen LogP contribution in [0.2, 0.25) is 0 Å². The van der Waals surface area contributed by atoms with Crippen molar-refractivity contribution in [2.75, 3.05) is 0 Å². The minimum Gasteiger partial charge on any atom is -0.198 e. The second-order valence-corrected chi connectivity index (χ2v) is 1.79. The first-order chi connectivity index (χ1) is 4.22. The predicted octanol–water partition coefficient (Wildman–Crippen LogP) is -1.06. The molecule has 0 aliphatic heterocycles. The van der Waals surface area contributed by atoms with Gasteiger partial charge >= 0.3 is 0 Å². The lowest BCUT2D eigenvalue weighted by Crippen LogP contribution is -2.25. The molecule has 1 rings (SSSR count). The summed E-state index contributed by atoms with van der Waals surface area (Å²) < 4.78 is 0. The molecule has 0 aromatic carbocycles. The Kier molecular flexibility index (Phi) is 1.29. The molecular formula is C3H10N6. The largest absolute Gasteiger partial charge is 0.198 e. The summed E-state index contributed by atoms with van der Waals surface area (Å²) in [4.78, 5) is 5.08. The number of nitrogens with zero attached hydrogens (tertiary/aromatic N) is 5. The summed E-state index contributed by atoms with van der Waals surface area (Å²) in [5.74, 6) is 0. The van der Waals surface area contributed by atoms with E-state index in [1.54, 1.807) is 21.4 Å². The molecule has 0 bridgehead atoms. The van der Waals surface area contributed by atoms with Gasteiger partial charge in [-0.15, -0.1) is 0 Å². The highest BCUT2D eigenvalue weighted by Crippen LogP contribution is 1.67. The van der Waals surface area contributed by atoms with E-state index < -0.39 is 0 Å². The molecule has 0 unspecified atom stereocenters. The summed E-state index contributed by atoms with van der Waals surface area (Å²) >= 11 is 0. The van der Waals surface area contributed by atoms with Crippen molar-refractivity contribution in [3.8, 4) is 0 Å². The average molecular weight is 130 g/mol. The first-order valence-electron chi connectivity index (χ1n) is 2.59. The van der Waals surface area contributed by atoms with Gasteiger partial charge in [0.2, 0.25) is 0 Å². The van der Waals surface area contributed by atoms with E-state index in [1.807, 2.05) is 14.1 Å². The molecule has 0 amide bonds. The second kappa shape index (κ2) is 1.96. The third kappa shape index (κ3) is 0.956. The van der Waals surface area contributed by atoms with Crippen LogP contribution in [0, 0.1) is 0 Å². The van der Waals surface area contributed by atoms with Gasteiger partial charge in [0, 0.05) is 14.1 Å². The molecule has 9 heavy (non-hydrogen) atoms. The number of rotatable bonds is 0. The molecule has 1 heterocycles. The SMILES string of the molecule is Cn1nn[nH]n(C)n1C. The third-order valence-electron chi connectivity index (χ3n) is 1.22. The topological polar surface area (TPSA) is 56.4 Å². The van der Waals surface area contributed by atoms with Gasteiger partial charge in [0.05, 0.1) is 7.05 Å². The van der Waals surface area contributed by atoms with Crippen LogP contribution in [0.25, 0.3) is 0 Å². The predicted molar refractivity (Wildman–Crippen MR) is 30.9 cm³/mol. The zero-order valence-electron chi connectivity index (χ0n) is 5.74. The lowest BCUT2D eigenvalue weighted by Gasteiger charge is -2.09. The van der Waals surface area contributed by atoms with E-state index in [4.69, 9.17) is 0 Å². The van der Waals surface area contributed by atoms with Crippen LogP contribution >= 0.6 is 0 Å². The van der Waals surface area contributed by atoms with Crippen LogP contribution in [0.4, 0.5) is 0 Å². The molecule has 0 aliphatic carbocycles. The van der Waals surface area contributed by atoms with E-state index in [0.717, 1.165) is 0 Å². The van der Waals surface area contributed by atoms with Crippen LogP contribution in [0.3, 0.4) is 0 Å². The van der Waals surface area contributed by atoms with Gasteiger partial charge in [-0.2, -0.15) is 19.6 Å². The molecule has 0 spiro atoms. The molecule has 0 radical (unpaired) electrons. The molecule has 0 aliphatic rings. The lowest BCUT2D eigenvalue weighted by atomic mass is 11.3. The van der Waals surface area contributed by atoms with Crippen molar-refractivity contribution in [3.05, 3.63) is 0 Å². The lowest BCUT2D eigenvalue weighted by molar-refractivity contribution is 0.278. The van der Waals surface area contributed by atoms with E-state index in [1.165, 1.54) is 0 Å². The Morgan fingerprint density at radius 3 is 2.33 bits per heavy atom. The van der Waals surface area contributed by atoms with Crippen molar-refractivity contribution in [2.24, 2.45) is 21.1 Å². The number of aryl methyl sites for hydroxylation is 2. The molecule has 0 fully saturated rings. The fourth-order valence-electron chi connectivity index (χ4n) is 0.466. The zero-order valence-corrected chi connectivity index (χ0v) is 5.74. The molecule has 1 aromatic heterocycles. The van der Waals surface area contributed by atoms with Crippen LogP contribution in [0.15, 0.2) is 0 Å². The number of aromatic nitrogens is 6. The van der Waals surface area contributed by atoms with Gasteiger partial charge < -0.3 is 0 Å². The van der Waals surface area contributed by atoms with E-state index >= 15 is 0 Å². The highest BCUT2D eigenvalue weighted by molar-refractivity contribution is 4.20. The summed E-state index contributed by atoms with van der Waals surface area (Å²) in [5.41, 5.74) is 0. The van der Waals surface area contributed by atoms with E-state index in [0.29, 0.717) is 0 Å². The fourth-order valence-corrected chi connectivity index (χ4v) is 0.466. The molecule has 0 saturated heterocycles. The van der Waals surface area contributed by atoms with Gasteiger partial charge in [0.15, 0.2) is 0 Å². The van der Waals surface area contributed by atoms with Crippen molar-refractivity contribution < 1.29 is 0 Å². The van der Waals surface area contributed by atoms with Crippen LogP contribution in [0.1, 0.15) is 0 Å². The summed E-state index contributed by atoms with van der Waals surface area (Å²) in [6, 6.07) is 0. The number of hydrogen-bond acceptors (Lipinski definition) is 2. The molecular weight excluding hydrogens is 120 g/mol. The Morgan fingerprint density at radius 2 is 1.89 bits per heavy atom. The molecule has 1 aromatic rings. The quantitative estimate of drug-likeness (QED) is 0.487. The van der Waals surface area contributed by atoms with Crippen LogP contribution in [-0.4, -0.2) is 30.0 Å². The fraction of sp³-hybridized carbons (Fsp3) is 1.00. The maximum Gasteiger partial charge on any atom is 0.0509 e. The first kappa shape index (κ1) is 5.93. The minimum absolute atomic E-state index is 1.61. The third-order valence-corrected chi connectivity index (χ3v) is 1.22. The molecule has 0 saturated carbocycles. The molecule has 0 atom stereocenters.